The number of β-amino-alcohol motifs (C(OH)–C–C–N with tert-alkyl or cyclic N) is 1. The zero-order valence-corrected chi connectivity index (χ0v) is 21.6. The molecule has 2 N–H and O–H groups in total. The van der Waals surface area contributed by atoms with Crippen molar-refractivity contribution in [1.29, 1.82) is 0 Å². The van der Waals surface area contributed by atoms with Crippen molar-refractivity contribution in [2.75, 3.05) is 51.4 Å². The van der Waals surface area contributed by atoms with E-state index in [2.05, 4.69) is 16.3 Å². The van der Waals surface area contributed by atoms with Crippen molar-refractivity contribution in [2.45, 2.75) is 31.2 Å². The van der Waals surface area contributed by atoms with Crippen molar-refractivity contribution in [3.63, 3.8) is 0 Å². The van der Waals surface area contributed by atoms with Crippen LogP contribution in [0.25, 0.3) is 0 Å². The molecule has 3 aromatic carbocycles. The summed E-state index contributed by atoms with van der Waals surface area (Å²) in [6.07, 6.45) is 0.177. The normalized spacial score (nSPS) is 21.0. The Labute approximate surface area is 223 Å². The first-order valence-electron chi connectivity index (χ1n) is 13.1. The van der Waals surface area contributed by atoms with E-state index in [4.69, 9.17) is 18.9 Å². The number of benzene rings is 3. The highest BCUT2D eigenvalue weighted by Gasteiger charge is 2.34. The molecule has 202 valence electrons. The Balaban J connectivity index is 1.25. The van der Waals surface area contributed by atoms with Crippen LogP contribution in [-0.4, -0.2) is 63.8 Å². The van der Waals surface area contributed by atoms with Gasteiger partial charge in [0, 0.05) is 39.3 Å². The van der Waals surface area contributed by atoms with Gasteiger partial charge in [0.15, 0.2) is 0 Å². The Morgan fingerprint density at radius 1 is 1.03 bits per heavy atom. The number of hydrogen-bond donors (Lipinski definition) is 2. The first-order chi connectivity index (χ1) is 18.6. The van der Waals surface area contributed by atoms with Gasteiger partial charge in [0.25, 0.3) is 0 Å². The molecule has 7 nitrogen and oxygen atoms in total. The van der Waals surface area contributed by atoms with E-state index in [9.17, 15) is 9.50 Å². The molecule has 0 bridgehead atoms. The number of aliphatic hydroxyl groups excluding tert-OH is 1. The molecule has 3 atom stereocenters. The van der Waals surface area contributed by atoms with Gasteiger partial charge in [-0.15, -0.1) is 0 Å². The quantitative estimate of drug-likeness (QED) is 0.380. The van der Waals surface area contributed by atoms with Crippen molar-refractivity contribution in [1.82, 2.24) is 5.32 Å². The van der Waals surface area contributed by atoms with E-state index in [1.165, 1.54) is 12.1 Å². The van der Waals surface area contributed by atoms with Gasteiger partial charge in [-0.25, -0.2) is 4.39 Å². The zero-order chi connectivity index (χ0) is 26.3. The molecule has 0 radical (unpaired) electrons. The highest BCUT2D eigenvalue weighted by atomic mass is 19.1. The molecule has 38 heavy (non-hydrogen) atoms. The Bertz CT molecular complexity index is 1170. The molecule has 1 fully saturated rings. The molecule has 0 aliphatic carbocycles. The standard InChI is InChI=1S/C30H35FN2O5/c1-35-15-2-13-33-14-16-36-28-12-3-21(17-26(28)33)20-37-29-19-32-18-27(34)30(29)22-4-8-24(9-5-22)38-25-10-6-23(31)7-11-25/h3-12,17,27,29-30,32,34H,2,13-16,18-20H2,1H3/t27-,29+,30+/m1/s1. The van der Waals surface area contributed by atoms with Crippen LogP contribution in [0.3, 0.4) is 0 Å². The van der Waals surface area contributed by atoms with Crippen LogP contribution in [0, 0.1) is 5.82 Å². The van der Waals surface area contributed by atoms with Gasteiger partial charge in [-0.2, -0.15) is 0 Å². The monoisotopic (exact) mass is 522 g/mol. The van der Waals surface area contributed by atoms with Crippen molar-refractivity contribution >= 4 is 5.69 Å². The van der Waals surface area contributed by atoms with Gasteiger partial charge in [0.05, 0.1) is 31.0 Å². The van der Waals surface area contributed by atoms with E-state index in [1.54, 1.807) is 19.2 Å². The van der Waals surface area contributed by atoms with Gasteiger partial charge in [-0.3, -0.25) is 0 Å². The topological polar surface area (TPSA) is 72.4 Å². The third-order valence-electron chi connectivity index (χ3n) is 7.05. The number of methoxy groups -OCH3 is 1. The summed E-state index contributed by atoms with van der Waals surface area (Å²) in [6, 6.07) is 19.8. The SMILES string of the molecule is COCCCN1CCOc2ccc(CO[C@H]3CNC[C@@H](O)[C@@H]3c3ccc(Oc4ccc(F)cc4)cc3)cc21. The van der Waals surface area contributed by atoms with Gasteiger partial charge in [0.1, 0.15) is 29.7 Å². The molecule has 0 spiro atoms. The number of ether oxygens (including phenoxy) is 4. The van der Waals surface area contributed by atoms with Crippen LogP contribution in [0.1, 0.15) is 23.5 Å². The number of anilines is 1. The van der Waals surface area contributed by atoms with Crippen LogP contribution in [-0.2, 0) is 16.1 Å². The van der Waals surface area contributed by atoms with E-state index < -0.39 is 6.10 Å². The maximum absolute atomic E-state index is 13.2. The summed E-state index contributed by atoms with van der Waals surface area (Å²) in [5, 5.41) is 14.2. The summed E-state index contributed by atoms with van der Waals surface area (Å²) in [6.45, 7) is 4.75. The van der Waals surface area contributed by atoms with Gasteiger partial charge in [-0.1, -0.05) is 18.2 Å². The average molecular weight is 523 g/mol. The van der Waals surface area contributed by atoms with E-state index in [0.29, 0.717) is 37.8 Å². The highest BCUT2D eigenvalue weighted by molar-refractivity contribution is 5.61. The van der Waals surface area contributed by atoms with Crippen LogP contribution < -0.4 is 19.7 Å². The molecule has 0 unspecified atom stereocenters. The molecule has 5 rings (SSSR count). The van der Waals surface area contributed by atoms with Crippen molar-refractivity contribution < 1.29 is 28.4 Å². The molecular formula is C30H35FN2O5. The van der Waals surface area contributed by atoms with Crippen LogP contribution in [0.4, 0.5) is 10.1 Å². The molecule has 2 aliphatic rings. The van der Waals surface area contributed by atoms with Gasteiger partial charge in [-0.05, 0) is 66.1 Å². The smallest absolute Gasteiger partial charge is 0.142 e. The minimum atomic E-state index is -0.578. The predicted octanol–water partition coefficient (Wildman–Crippen LogP) is 4.49. The maximum Gasteiger partial charge on any atom is 0.142 e. The fourth-order valence-corrected chi connectivity index (χ4v) is 5.11. The van der Waals surface area contributed by atoms with Crippen LogP contribution in [0.5, 0.6) is 17.2 Å². The largest absolute Gasteiger partial charge is 0.490 e. The van der Waals surface area contributed by atoms with Crippen molar-refractivity contribution in [3.05, 3.63) is 83.7 Å². The van der Waals surface area contributed by atoms with E-state index in [1.807, 2.05) is 36.4 Å². The molecule has 2 heterocycles. The molecule has 0 aromatic heterocycles. The lowest BCUT2D eigenvalue weighted by atomic mass is 9.85. The molecule has 2 aliphatic heterocycles. The lowest BCUT2D eigenvalue weighted by Gasteiger charge is -2.36. The fourth-order valence-electron chi connectivity index (χ4n) is 5.11. The first-order valence-corrected chi connectivity index (χ1v) is 13.1. The van der Waals surface area contributed by atoms with Crippen LogP contribution in [0.2, 0.25) is 0 Å². The van der Waals surface area contributed by atoms with Crippen molar-refractivity contribution in [2.24, 2.45) is 0 Å². The van der Waals surface area contributed by atoms with Crippen LogP contribution in [0.15, 0.2) is 66.7 Å². The Hall–Kier alpha value is -3.17. The van der Waals surface area contributed by atoms with E-state index >= 15 is 0 Å². The Morgan fingerprint density at radius 2 is 1.79 bits per heavy atom. The Morgan fingerprint density at radius 3 is 2.55 bits per heavy atom. The number of fused-ring (bicyclic) bond motifs is 1. The molecular weight excluding hydrogens is 487 g/mol. The van der Waals surface area contributed by atoms with E-state index in [0.717, 1.165) is 48.7 Å². The second-order valence-corrected chi connectivity index (χ2v) is 9.71. The molecule has 0 saturated carbocycles. The third-order valence-corrected chi connectivity index (χ3v) is 7.05. The average Bonchev–Trinajstić information content (AvgIpc) is 2.94. The number of halogens is 1. The number of hydrogen-bond acceptors (Lipinski definition) is 7. The summed E-state index contributed by atoms with van der Waals surface area (Å²) < 4.78 is 36.5. The Kier molecular flexibility index (Phi) is 8.75. The number of nitrogens with zero attached hydrogens (tertiary/aromatic N) is 1. The highest BCUT2D eigenvalue weighted by Crippen LogP contribution is 2.34. The maximum atomic E-state index is 13.2. The van der Waals surface area contributed by atoms with Crippen LogP contribution >= 0.6 is 0 Å². The summed E-state index contributed by atoms with van der Waals surface area (Å²) in [4.78, 5) is 2.34. The molecule has 8 heteroatoms. The summed E-state index contributed by atoms with van der Waals surface area (Å²) in [5.74, 6) is 1.62. The predicted molar refractivity (Wildman–Crippen MR) is 144 cm³/mol. The number of piperidine rings is 1. The summed E-state index contributed by atoms with van der Waals surface area (Å²) >= 11 is 0. The molecule has 1 saturated heterocycles. The lowest BCUT2D eigenvalue weighted by Crippen LogP contribution is -2.49. The molecule has 3 aromatic rings. The number of nitrogens with one attached hydrogen (secondary N) is 1. The summed E-state index contributed by atoms with van der Waals surface area (Å²) in [7, 11) is 1.73. The third kappa shape index (κ3) is 6.45. The van der Waals surface area contributed by atoms with Gasteiger partial charge >= 0.3 is 0 Å². The summed E-state index contributed by atoms with van der Waals surface area (Å²) in [5.41, 5.74) is 3.13. The lowest BCUT2D eigenvalue weighted by molar-refractivity contribution is -0.0328. The number of aliphatic hydroxyl groups is 1. The minimum absolute atomic E-state index is 0.178. The van der Waals surface area contributed by atoms with Gasteiger partial charge in [0.2, 0.25) is 0 Å². The molecule has 0 amide bonds. The fraction of sp³-hybridized carbons (Fsp3) is 0.400. The number of rotatable bonds is 10. The van der Waals surface area contributed by atoms with Gasteiger partial charge < -0.3 is 34.3 Å². The minimum Gasteiger partial charge on any atom is -0.490 e. The first kappa shape index (κ1) is 26.4. The van der Waals surface area contributed by atoms with E-state index in [-0.39, 0.29) is 17.8 Å². The zero-order valence-electron chi connectivity index (χ0n) is 21.6. The second-order valence-electron chi connectivity index (χ2n) is 9.71. The van der Waals surface area contributed by atoms with Crippen molar-refractivity contribution in [3.8, 4) is 17.2 Å². The second kappa shape index (κ2) is 12.6.